The van der Waals surface area contributed by atoms with E-state index in [0.717, 1.165) is 32.1 Å². The lowest BCUT2D eigenvalue weighted by atomic mass is 9.95. The largest absolute Gasteiger partial charge is 0.503 e. The standard InChI is InChI=1S/C19H25N3O5/c1-11-7-8-27-14-10-21-9-13(18(25)20-12-5-3-2-4-6-12)16(23)17(24)15(21)19(26)22(11)14/h9,11-12,14,24H,2-8,10H2,1H3,(H,20,25)/t11-,14?/m1/s1. The van der Waals surface area contributed by atoms with E-state index >= 15 is 0 Å². The molecule has 4 rings (SSSR count). The summed E-state index contributed by atoms with van der Waals surface area (Å²) in [6, 6.07) is 0.0160. The van der Waals surface area contributed by atoms with Crippen molar-refractivity contribution in [2.75, 3.05) is 6.61 Å². The van der Waals surface area contributed by atoms with E-state index in [9.17, 15) is 19.5 Å². The smallest absolute Gasteiger partial charge is 0.276 e. The topological polar surface area (TPSA) is 101 Å². The number of carbonyl (C=O) groups excluding carboxylic acids is 2. The molecule has 2 aliphatic heterocycles. The Bertz CT molecular complexity index is 827. The summed E-state index contributed by atoms with van der Waals surface area (Å²) in [6.07, 6.45) is 6.69. The molecule has 1 unspecified atom stereocenters. The molecule has 1 saturated carbocycles. The normalized spacial score (nSPS) is 25.7. The number of carbonyl (C=O) groups is 2. The number of amides is 2. The Kier molecular flexibility index (Phi) is 4.67. The van der Waals surface area contributed by atoms with Crippen LogP contribution in [-0.2, 0) is 11.3 Å². The van der Waals surface area contributed by atoms with Crippen molar-refractivity contribution in [3.05, 3.63) is 27.7 Å². The molecule has 2 atom stereocenters. The number of hydrogen-bond donors (Lipinski definition) is 2. The van der Waals surface area contributed by atoms with Crippen molar-refractivity contribution < 1.29 is 19.4 Å². The zero-order chi connectivity index (χ0) is 19.1. The van der Waals surface area contributed by atoms with Gasteiger partial charge in [0.2, 0.25) is 5.43 Å². The van der Waals surface area contributed by atoms with E-state index in [0.29, 0.717) is 13.0 Å². The first kappa shape index (κ1) is 18.0. The van der Waals surface area contributed by atoms with Gasteiger partial charge in [-0.15, -0.1) is 0 Å². The summed E-state index contributed by atoms with van der Waals surface area (Å²) in [6.45, 7) is 2.75. The molecule has 1 aromatic heterocycles. The number of nitrogens with zero attached hydrogens (tertiary/aromatic N) is 2. The van der Waals surface area contributed by atoms with Crippen molar-refractivity contribution in [1.82, 2.24) is 14.8 Å². The molecular formula is C19H25N3O5. The molecule has 8 heteroatoms. The first-order valence-corrected chi connectivity index (χ1v) is 9.69. The highest BCUT2D eigenvalue weighted by Crippen LogP contribution is 2.29. The highest BCUT2D eigenvalue weighted by Gasteiger charge is 2.41. The number of nitrogens with one attached hydrogen (secondary N) is 1. The Morgan fingerprint density at radius 3 is 2.70 bits per heavy atom. The molecule has 2 fully saturated rings. The Morgan fingerprint density at radius 1 is 1.22 bits per heavy atom. The van der Waals surface area contributed by atoms with Crippen molar-refractivity contribution in [3.8, 4) is 5.75 Å². The van der Waals surface area contributed by atoms with Gasteiger partial charge in [-0.05, 0) is 26.2 Å². The van der Waals surface area contributed by atoms with Crippen LogP contribution in [0.25, 0.3) is 0 Å². The summed E-state index contributed by atoms with van der Waals surface area (Å²) < 4.78 is 7.18. The molecular weight excluding hydrogens is 350 g/mol. The van der Waals surface area contributed by atoms with Crippen LogP contribution in [0.5, 0.6) is 5.75 Å². The van der Waals surface area contributed by atoms with Crippen LogP contribution >= 0.6 is 0 Å². The number of ether oxygens (including phenoxy) is 1. The summed E-state index contributed by atoms with van der Waals surface area (Å²) >= 11 is 0. The number of aromatic nitrogens is 1. The van der Waals surface area contributed by atoms with Crippen molar-refractivity contribution in [2.45, 2.75) is 70.3 Å². The lowest BCUT2D eigenvalue weighted by molar-refractivity contribution is -0.112. The van der Waals surface area contributed by atoms with Crippen LogP contribution in [0, 0.1) is 0 Å². The summed E-state index contributed by atoms with van der Waals surface area (Å²) in [5.74, 6) is -1.59. The summed E-state index contributed by atoms with van der Waals surface area (Å²) in [4.78, 5) is 39.6. The number of pyridine rings is 1. The second-order valence-corrected chi connectivity index (χ2v) is 7.71. The van der Waals surface area contributed by atoms with Gasteiger partial charge in [0.1, 0.15) is 5.56 Å². The summed E-state index contributed by atoms with van der Waals surface area (Å²) in [7, 11) is 0. The maximum Gasteiger partial charge on any atom is 0.276 e. The maximum atomic E-state index is 12.9. The minimum absolute atomic E-state index is 0.0335. The van der Waals surface area contributed by atoms with Crippen molar-refractivity contribution >= 4 is 11.8 Å². The van der Waals surface area contributed by atoms with E-state index < -0.39 is 29.2 Å². The molecule has 0 bridgehead atoms. The third-order valence-corrected chi connectivity index (χ3v) is 5.86. The average Bonchev–Trinajstić information content (AvgIpc) is 2.65. The third-order valence-electron chi connectivity index (χ3n) is 5.86. The Labute approximate surface area is 157 Å². The molecule has 3 heterocycles. The molecule has 2 N–H and O–H groups in total. The van der Waals surface area contributed by atoms with Crippen LogP contribution < -0.4 is 10.7 Å². The van der Waals surface area contributed by atoms with Gasteiger partial charge in [-0.25, -0.2) is 0 Å². The molecule has 3 aliphatic rings. The van der Waals surface area contributed by atoms with Crippen LogP contribution in [0.1, 0.15) is 66.3 Å². The van der Waals surface area contributed by atoms with Crippen molar-refractivity contribution in [3.63, 3.8) is 0 Å². The molecule has 1 saturated heterocycles. The quantitative estimate of drug-likeness (QED) is 0.809. The lowest BCUT2D eigenvalue weighted by Crippen LogP contribution is -2.57. The minimum atomic E-state index is -0.799. The molecule has 146 valence electrons. The molecule has 8 nitrogen and oxygen atoms in total. The predicted molar refractivity (Wildman–Crippen MR) is 96.7 cm³/mol. The van der Waals surface area contributed by atoms with Crippen LogP contribution in [-0.4, -0.2) is 51.3 Å². The van der Waals surface area contributed by atoms with Gasteiger partial charge in [0.05, 0.1) is 13.2 Å². The molecule has 0 aromatic carbocycles. The lowest BCUT2D eigenvalue weighted by Gasteiger charge is -2.44. The second kappa shape index (κ2) is 6.99. The van der Waals surface area contributed by atoms with E-state index in [4.69, 9.17) is 4.74 Å². The molecule has 2 amide bonds. The predicted octanol–water partition coefficient (Wildman–Crippen LogP) is 1.21. The third kappa shape index (κ3) is 3.12. The fourth-order valence-electron chi connectivity index (χ4n) is 4.33. The fourth-order valence-corrected chi connectivity index (χ4v) is 4.33. The van der Waals surface area contributed by atoms with E-state index in [2.05, 4.69) is 5.32 Å². The fraction of sp³-hybridized carbons (Fsp3) is 0.632. The van der Waals surface area contributed by atoms with Gasteiger partial charge in [0.15, 0.2) is 17.7 Å². The molecule has 27 heavy (non-hydrogen) atoms. The molecule has 1 aromatic rings. The first-order valence-electron chi connectivity index (χ1n) is 9.69. The Balaban J connectivity index is 1.67. The van der Waals surface area contributed by atoms with Crippen molar-refractivity contribution in [1.29, 1.82) is 0 Å². The summed E-state index contributed by atoms with van der Waals surface area (Å²) in [5.41, 5.74) is -0.998. The van der Waals surface area contributed by atoms with E-state index in [1.807, 2.05) is 6.92 Å². The van der Waals surface area contributed by atoms with Crippen LogP contribution in [0.4, 0.5) is 0 Å². The Hall–Kier alpha value is -2.35. The van der Waals surface area contributed by atoms with E-state index in [1.54, 1.807) is 4.90 Å². The SMILES string of the molecule is C[C@@H]1CCOC2Cn3cc(C(=O)NC4CCCCC4)c(=O)c(O)c3C(=O)N21. The molecule has 0 radical (unpaired) electrons. The van der Waals surface area contributed by atoms with Gasteiger partial charge >= 0.3 is 0 Å². The van der Waals surface area contributed by atoms with E-state index in [1.165, 1.54) is 10.8 Å². The van der Waals surface area contributed by atoms with Gasteiger partial charge in [-0.2, -0.15) is 0 Å². The maximum absolute atomic E-state index is 12.9. The van der Waals surface area contributed by atoms with Gasteiger partial charge in [-0.1, -0.05) is 19.3 Å². The number of fused-ring (bicyclic) bond motifs is 2. The molecule has 0 spiro atoms. The van der Waals surface area contributed by atoms with Gasteiger partial charge in [0.25, 0.3) is 11.8 Å². The summed E-state index contributed by atoms with van der Waals surface area (Å²) in [5, 5.41) is 13.3. The van der Waals surface area contributed by atoms with Gasteiger partial charge in [0, 0.05) is 18.3 Å². The van der Waals surface area contributed by atoms with Crippen LogP contribution in [0.2, 0.25) is 0 Å². The van der Waals surface area contributed by atoms with Crippen molar-refractivity contribution in [2.24, 2.45) is 0 Å². The second-order valence-electron chi connectivity index (χ2n) is 7.71. The van der Waals surface area contributed by atoms with Crippen LogP contribution in [0.3, 0.4) is 0 Å². The first-order chi connectivity index (χ1) is 13.0. The average molecular weight is 375 g/mol. The monoisotopic (exact) mass is 375 g/mol. The van der Waals surface area contributed by atoms with E-state index in [-0.39, 0.29) is 29.9 Å². The zero-order valence-corrected chi connectivity index (χ0v) is 15.4. The minimum Gasteiger partial charge on any atom is -0.503 e. The van der Waals surface area contributed by atoms with Crippen LogP contribution in [0.15, 0.2) is 11.0 Å². The number of aromatic hydroxyl groups is 1. The highest BCUT2D eigenvalue weighted by molar-refractivity contribution is 5.99. The van der Waals surface area contributed by atoms with Gasteiger partial charge < -0.3 is 24.6 Å². The van der Waals surface area contributed by atoms with Gasteiger partial charge in [-0.3, -0.25) is 14.4 Å². The number of hydrogen-bond acceptors (Lipinski definition) is 5. The molecule has 1 aliphatic carbocycles. The zero-order valence-electron chi connectivity index (χ0n) is 15.4. The number of rotatable bonds is 2. The Morgan fingerprint density at radius 2 is 1.96 bits per heavy atom. The highest BCUT2D eigenvalue weighted by atomic mass is 16.5.